The van der Waals surface area contributed by atoms with Crippen LogP contribution in [0.4, 0.5) is 10.6 Å². The van der Waals surface area contributed by atoms with Crippen molar-refractivity contribution in [2.75, 3.05) is 18.9 Å². The van der Waals surface area contributed by atoms with E-state index in [1.807, 2.05) is 34.7 Å². The molecule has 1 N–H and O–H groups in total. The van der Waals surface area contributed by atoms with E-state index >= 15 is 0 Å². The van der Waals surface area contributed by atoms with Gasteiger partial charge in [0.25, 0.3) is 0 Å². The number of nitrogens with zero attached hydrogens (tertiary/aromatic N) is 2. The Bertz CT molecular complexity index is 521. The number of fused-ring (bicyclic) bond motifs is 1. The van der Waals surface area contributed by atoms with Crippen molar-refractivity contribution < 1.29 is 9.53 Å². The predicted molar refractivity (Wildman–Crippen MR) is 78.9 cm³/mol. The Morgan fingerprint density at radius 2 is 2.15 bits per heavy atom. The van der Waals surface area contributed by atoms with Crippen LogP contribution in [0, 0.1) is 6.92 Å². The van der Waals surface area contributed by atoms with E-state index in [9.17, 15) is 4.79 Å². The first-order chi connectivity index (χ1) is 9.30. The first-order valence-electron chi connectivity index (χ1n) is 6.95. The molecule has 1 aliphatic rings. The van der Waals surface area contributed by atoms with Crippen molar-refractivity contribution in [3.8, 4) is 0 Å². The van der Waals surface area contributed by atoms with Gasteiger partial charge in [0.05, 0.1) is 12.2 Å². The Kier molecular flexibility index (Phi) is 3.88. The van der Waals surface area contributed by atoms with Crippen LogP contribution in [-0.2, 0) is 17.7 Å². The lowest BCUT2D eigenvalue weighted by Gasteiger charge is -2.31. The molecule has 1 aromatic rings. The van der Waals surface area contributed by atoms with Crippen LogP contribution in [0.1, 0.15) is 37.6 Å². The standard InChI is InChI=1S/C15H23N3O2/c1-10-8-11-6-7-18(14(19)20-15(2,3)4)9-12(11)17-13(10)16-5/h8H,6-7,9H2,1-5H3,(H,16,17). The summed E-state index contributed by atoms with van der Waals surface area (Å²) in [6, 6.07) is 2.15. The molecule has 110 valence electrons. The highest BCUT2D eigenvalue weighted by Gasteiger charge is 2.26. The van der Waals surface area contributed by atoms with E-state index in [0.29, 0.717) is 13.1 Å². The molecule has 0 aliphatic carbocycles. The third-order valence-corrected chi connectivity index (χ3v) is 3.26. The second-order valence-corrected chi connectivity index (χ2v) is 6.16. The van der Waals surface area contributed by atoms with Crippen LogP contribution < -0.4 is 5.32 Å². The molecule has 0 fully saturated rings. The topological polar surface area (TPSA) is 54.5 Å². The third-order valence-electron chi connectivity index (χ3n) is 3.26. The van der Waals surface area contributed by atoms with Gasteiger partial charge in [0.2, 0.25) is 0 Å². The Hall–Kier alpha value is -1.78. The van der Waals surface area contributed by atoms with Gasteiger partial charge in [-0.15, -0.1) is 0 Å². The number of rotatable bonds is 1. The second-order valence-electron chi connectivity index (χ2n) is 6.16. The number of aryl methyl sites for hydroxylation is 1. The van der Waals surface area contributed by atoms with Crippen LogP contribution in [0.15, 0.2) is 6.07 Å². The highest BCUT2D eigenvalue weighted by molar-refractivity contribution is 5.68. The minimum absolute atomic E-state index is 0.267. The van der Waals surface area contributed by atoms with E-state index in [4.69, 9.17) is 4.74 Å². The van der Waals surface area contributed by atoms with Gasteiger partial charge in [0, 0.05) is 13.6 Å². The number of amides is 1. The molecule has 0 radical (unpaired) electrons. The Balaban J connectivity index is 2.16. The van der Waals surface area contributed by atoms with Crippen LogP contribution >= 0.6 is 0 Å². The normalized spacial score (nSPS) is 14.8. The molecule has 0 atom stereocenters. The number of carbonyl (C=O) groups is 1. The number of carbonyl (C=O) groups excluding carboxylic acids is 1. The molecule has 2 rings (SSSR count). The molecule has 5 nitrogen and oxygen atoms in total. The Morgan fingerprint density at radius 1 is 1.45 bits per heavy atom. The van der Waals surface area contributed by atoms with Crippen molar-refractivity contribution in [1.29, 1.82) is 0 Å². The maximum Gasteiger partial charge on any atom is 0.410 e. The maximum atomic E-state index is 12.1. The quantitative estimate of drug-likeness (QED) is 0.857. The Labute approximate surface area is 120 Å². The summed E-state index contributed by atoms with van der Waals surface area (Å²) >= 11 is 0. The van der Waals surface area contributed by atoms with E-state index in [1.54, 1.807) is 4.90 Å². The summed E-state index contributed by atoms with van der Waals surface area (Å²) in [7, 11) is 1.86. The van der Waals surface area contributed by atoms with Gasteiger partial charge in [-0.3, -0.25) is 0 Å². The monoisotopic (exact) mass is 277 g/mol. The summed E-state index contributed by atoms with van der Waals surface area (Å²) in [5.41, 5.74) is 2.85. The maximum absolute atomic E-state index is 12.1. The second kappa shape index (κ2) is 5.31. The molecule has 0 bridgehead atoms. The fraction of sp³-hybridized carbons (Fsp3) is 0.600. The highest BCUT2D eigenvalue weighted by Crippen LogP contribution is 2.23. The molecule has 0 aromatic carbocycles. The zero-order chi connectivity index (χ0) is 14.9. The minimum atomic E-state index is -0.464. The van der Waals surface area contributed by atoms with E-state index < -0.39 is 5.60 Å². The van der Waals surface area contributed by atoms with Crippen LogP contribution in [-0.4, -0.2) is 35.2 Å². The zero-order valence-electron chi connectivity index (χ0n) is 12.9. The fourth-order valence-corrected chi connectivity index (χ4v) is 2.31. The molecule has 0 saturated heterocycles. The van der Waals surface area contributed by atoms with Gasteiger partial charge in [0.15, 0.2) is 0 Å². The van der Waals surface area contributed by atoms with Gasteiger partial charge in [-0.25, -0.2) is 9.78 Å². The number of pyridine rings is 1. The summed E-state index contributed by atoms with van der Waals surface area (Å²) < 4.78 is 5.42. The molecule has 0 unspecified atom stereocenters. The molecule has 0 saturated carbocycles. The number of anilines is 1. The first-order valence-corrected chi connectivity index (χ1v) is 6.95. The van der Waals surface area contributed by atoms with Crippen LogP contribution in [0.3, 0.4) is 0 Å². The average molecular weight is 277 g/mol. The van der Waals surface area contributed by atoms with E-state index in [0.717, 1.165) is 23.5 Å². The van der Waals surface area contributed by atoms with E-state index in [-0.39, 0.29) is 6.09 Å². The smallest absolute Gasteiger partial charge is 0.410 e. The van der Waals surface area contributed by atoms with Gasteiger partial charge in [-0.05, 0) is 45.2 Å². The number of ether oxygens (including phenoxy) is 1. The lowest BCUT2D eigenvalue weighted by atomic mass is 10.0. The lowest BCUT2D eigenvalue weighted by Crippen LogP contribution is -2.40. The molecule has 1 aromatic heterocycles. The van der Waals surface area contributed by atoms with Crippen molar-refractivity contribution in [2.45, 2.75) is 46.3 Å². The largest absolute Gasteiger partial charge is 0.444 e. The SMILES string of the molecule is CNc1nc2c(cc1C)CCN(C(=O)OC(C)(C)C)C2. The summed E-state index contributed by atoms with van der Waals surface area (Å²) in [6.07, 6.45) is 0.559. The first kappa shape index (κ1) is 14.6. The minimum Gasteiger partial charge on any atom is -0.444 e. The van der Waals surface area contributed by atoms with Gasteiger partial charge in [0.1, 0.15) is 11.4 Å². The molecule has 2 heterocycles. The lowest BCUT2D eigenvalue weighted by molar-refractivity contribution is 0.0221. The third kappa shape index (κ3) is 3.21. The number of nitrogens with one attached hydrogen (secondary N) is 1. The van der Waals surface area contributed by atoms with Crippen molar-refractivity contribution in [3.63, 3.8) is 0 Å². The number of aromatic nitrogens is 1. The average Bonchev–Trinajstić information content (AvgIpc) is 2.35. The molecule has 1 amide bonds. The van der Waals surface area contributed by atoms with Gasteiger partial charge in [-0.2, -0.15) is 0 Å². The van der Waals surface area contributed by atoms with Crippen molar-refractivity contribution in [2.24, 2.45) is 0 Å². The van der Waals surface area contributed by atoms with Gasteiger partial charge < -0.3 is 15.0 Å². The van der Waals surface area contributed by atoms with Crippen molar-refractivity contribution >= 4 is 11.9 Å². The van der Waals surface area contributed by atoms with E-state index in [2.05, 4.69) is 16.4 Å². The van der Waals surface area contributed by atoms with E-state index in [1.165, 1.54) is 5.56 Å². The predicted octanol–water partition coefficient (Wildman–Crippen LogP) is 2.72. The van der Waals surface area contributed by atoms with Gasteiger partial charge in [-0.1, -0.05) is 6.07 Å². The number of hydrogen-bond donors (Lipinski definition) is 1. The van der Waals surface area contributed by atoms with Crippen LogP contribution in [0.2, 0.25) is 0 Å². The molecule has 1 aliphatic heterocycles. The molecular weight excluding hydrogens is 254 g/mol. The Morgan fingerprint density at radius 3 is 2.75 bits per heavy atom. The van der Waals surface area contributed by atoms with Crippen LogP contribution in [0.5, 0.6) is 0 Å². The summed E-state index contributed by atoms with van der Waals surface area (Å²) in [4.78, 5) is 18.4. The summed E-state index contributed by atoms with van der Waals surface area (Å²) in [5.74, 6) is 0.870. The summed E-state index contributed by atoms with van der Waals surface area (Å²) in [6.45, 7) is 8.87. The molecule has 0 spiro atoms. The fourth-order valence-electron chi connectivity index (χ4n) is 2.31. The van der Waals surface area contributed by atoms with Gasteiger partial charge >= 0.3 is 6.09 Å². The van der Waals surface area contributed by atoms with Crippen molar-refractivity contribution in [1.82, 2.24) is 9.88 Å². The molecule has 5 heteroatoms. The molecular formula is C15H23N3O2. The number of hydrogen-bond acceptors (Lipinski definition) is 4. The van der Waals surface area contributed by atoms with Crippen molar-refractivity contribution in [3.05, 3.63) is 22.9 Å². The zero-order valence-corrected chi connectivity index (χ0v) is 12.9. The van der Waals surface area contributed by atoms with Crippen LogP contribution in [0.25, 0.3) is 0 Å². The highest BCUT2D eigenvalue weighted by atomic mass is 16.6. The summed E-state index contributed by atoms with van der Waals surface area (Å²) in [5, 5.41) is 3.08. The molecule has 20 heavy (non-hydrogen) atoms.